The van der Waals surface area contributed by atoms with Crippen LogP contribution in [-0.2, 0) is 0 Å². The quantitative estimate of drug-likeness (QED) is 0.318. The minimum Gasteiger partial charge on any atom is -0.497 e. The highest BCUT2D eigenvalue weighted by Gasteiger charge is 2.23. The largest absolute Gasteiger partial charge is 0.497 e. The van der Waals surface area contributed by atoms with Crippen LogP contribution in [0.4, 0.5) is 5.88 Å². The van der Waals surface area contributed by atoms with Gasteiger partial charge in [-0.1, -0.05) is 12.1 Å². The van der Waals surface area contributed by atoms with E-state index in [0.717, 1.165) is 33.9 Å². The molecule has 0 unspecified atom stereocenters. The fourth-order valence-corrected chi connectivity index (χ4v) is 3.42. The van der Waals surface area contributed by atoms with Crippen LogP contribution in [-0.4, -0.2) is 27.5 Å². The molecule has 0 fully saturated rings. The summed E-state index contributed by atoms with van der Waals surface area (Å²) in [4.78, 5) is 4.50. The highest BCUT2D eigenvalue weighted by atomic mass is 16.5. The molecular weight excluding hydrogens is 416 g/mol. The predicted molar refractivity (Wildman–Crippen MR) is 128 cm³/mol. The summed E-state index contributed by atoms with van der Waals surface area (Å²) in [5.41, 5.74) is 3.52. The van der Waals surface area contributed by atoms with Crippen molar-refractivity contribution in [2.75, 3.05) is 21.3 Å². The van der Waals surface area contributed by atoms with E-state index in [-0.39, 0.29) is 5.88 Å². The minimum absolute atomic E-state index is 0.241. The van der Waals surface area contributed by atoms with Crippen molar-refractivity contribution in [2.45, 2.75) is 0 Å². The Labute approximate surface area is 192 Å². The fourth-order valence-electron chi connectivity index (χ4n) is 3.42. The second kappa shape index (κ2) is 9.75. The van der Waals surface area contributed by atoms with Crippen LogP contribution in [0.15, 0.2) is 82.2 Å². The van der Waals surface area contributed by atoms with E-state index in [9.17, 15) is 5.26 Å². The highest BCUT2D eigenvalue weighted by Crippen LogP contribution is 2.43. The fraction of sp³-hybridized carbons (Fsp3) is 0.111. The molecule has 3 aromatic carbocycles. The van der Waals surface area contributed by atoms with Crippen molar-refractivity contribution in [1.29, 1.82) is 5.26 Å². The third kappa shape index (κ3) is 4.58. The summed E-state index contributed by atoms with van der Waals surface area (Å²) in [7, 11) is 4.85. The zero-order valence-electron chi connectivity index (χ0n) is 18.5. The topological polar surface area (TPSA) is 77.0 Å². The summed E-state index contributed by atoms with van der Waals surface area (Å²) in [6.07, 6.45) is 1.66. The number of nitrogens with zero attached hydrogens (tertiary/aromatic N) is 2. The van der Waals surface area contributed by atoms with Gasteiger partial charge in [-0.25, -0.2) is 4.99 Å². The van der Waals surface area contributed by atoms with Crippen molar-refractivity contribution in [3.8, 4) is 45.8 Å². The molecule has 0 saturated carbocycles. The number of benzene rings is 3. The predicted octanol–water partition coefficient (Wildman–Crippen LogP) is 6.26. The summed E-state index contributed by atoms with van der Waals surface area (Å²) in [5, 5.41) is 10.0. The summed E-state index contributed by atoms with van der Waals surface area (Å²) in [6.45, 7) is 0. The van der Waals surface area contributed by atoms with Gasteiger partial charge in [-0.15, -0.1) is 0 Å². The maximum absolute atomic E-state index is 10.0. The Balaban J connectivity index is 1.83. The number of ether oxygens (including phenoxy) is 3. The number of furan rings is 1. The van der Waals surface area contributed by atoms with Gasteiger partial charge in [0.15, 0.2) is 0 Å². The van der Waals surface area contributed by atoms with Crippen LogP contribution in [0.25, 0.3) is 22.5 Å². The van der Waals surface area contributed by atoms with Crippen LogP contribution < -0.4 is 14.2 Å². The Kier molecular flexibility index (Phi) is 6.42. The lowest BCUT2D eigenvalue weighted by molar-refractivity contribution is 0.414. The molecule has 0 amide bonds. The van der Waals surface area contributed by atoms with Gasteiger partial charge in [-0.05, 0) is 71.8 Å². The maximum Gasteiger partial charge on any atom is 0.238 e. The first-order chi connectivity index (χ1) is 16.2. The van der Waals surface area contributed by atoms with Crippen LogP contribution in [0.3, 0.4) is 0 Å². The second-order valence-corrected chi connectivity index (χ2v) is 7.09. The van der Waals surface area contributed by atoms with E-state index in [1.54, 1.807) is 27.5 Å². The monoisotopic (exact) mass is 438 g/mol. The van der Waals surface area contributed by atoms with E-state index < -0.39 is 0 Å². The molecule has 0 aliphatic carbocycles. The average Bonchev–Trinajstić information content (AvgIpc) is 3.26. The Hall–Kier alpha value is -4.50. The summed E-state index contributed by atoms with van der Waals surface area (Å²) in [5.74, 6) is 3.01. The van der Waals surface area contributed by atoms with E-state index in [0.29, 0.717) is 16.9 Å². The Morgan fingerprint density at radius 3 is 1.70 bits per heavy atom. The molecule has 4 aromatic rings. The molecule has 0 aliphatic heterocycles. The van der Waals surface area contributed by atoms with E-state index in [1.165, 1.54) is 0 Å². The summed E-state index contributed by atoms with van der Waals surface area (Å²) < 4.78 is 21.9. The molecule has 1 heterocycles. The van der Waals surface area contributed by atoms with Crippen LogP contribution in [0.1, 0.15) is 11.1 Å². The van der Waals surface area contributed by atoms with E-state index >= 15 is 0 Å². The van der Waals surface area contributed by atoms with Gasteiger partial charge in [0.25, 0.3) is 0 Å². The molecule has 164 valence electrons. The first-order valence-corrected chi connectivity index (χ1v) is 10.2. The molecule has 0 aliphatic rings. The van der Waals surface area contributed by atoms with Gasteiger partial charge in [-0.2, -0.15) is 5.26 Å². The first-order valence-electron chi connectivity index (χ1n) is 10.2. The molecule has 0 bridgehead atoms. The van der Waals surface area contributed by atoms with Crippen LogP contribution in [0.2, 0.25) is 0 Å². The standard InChI is InChI=1S/C27H22N2O4/c1-30-21-10-4-18(5-11-21)17-29-27-24(16-28)25(19-6-12-22(31-2)13-7-19)26(33-27)20-8-14-23(32-3)15-9-20/h4-15,17H,1-3H3/b29-17+. The van der Waals surface area contributed by atoms with Gasteiger partial charge in [-0.3, -0.25) is 0 Å². The third-order valence-electron chi connectivity index (χ3n) is 5.18. The Morgan fingerprint density at radius 2 is 1.21 bits per heavy atom. The van der Waals surface area contributed by atoms with Gasteiger partial charge in [0.1, 0.15) is 34.6 Å². The zero-order valence-corrected chi connectivity index (χ0v) is 18.5. The van der Waals surface area contributed by atoms with E-state index in [4.69, 9.17) is 18.6 Å². The van der Waals surface area contributed by atoms with Crippen molar-refractivity contribution < 1.29 is 18.6 Å². The van der Waals surface area contributed by atoms with Crippen LogP contribution in [0, 0.1) is 11.3 Å². The summed E-state index contributed by atoms with van der Waals surface area (Å²) in [6, 6.07) is 24.7. The normalized spacial score (nSPS) is 10.7. The highest BCUT2D eigenvalue weighted by molar-refractivity contribution is 5.90. The van der Waals surface area contributed by atoms with Gasteiger partial charge in [0.2, 0.25) is 5.88 Å². The van der Waals surface area contributed by atoms with Crippen LogP contribution >= 0.6 is 0 Å². The summed E-state index contributed by atoms with van der Waals surface area (Å²) >= 11 is 0. The molecule has 0 atom stereocenters. The average molecular weight is 438 g/mol. The minimum atomic E-state index is 0.241. The molecule has 4 rings (SSSR count). The first kappa shape index (κ1) is 21.7. The lowest BCUT2D eigenvalue weighted by Crippen LogP contribution is -1.87. The molecular formula is C27H22N2O4. The van der Waals surface area contributed by atoms with Crippen molar-refractivity contribution in [2.24, 2.45) is 4.99 Å². The SMILES string of the molecule is COc1ccc(/C=N/c2oc(-c3ccc(OC)cc3)c(-c3ccc(OC)cc3)c2C#N)cc1. The van der Waals surface area contributed by atoms with Crippen molar-refractivity contribution in [3.05, 3.63) is 83.9 Å². The van der Waals surface area contributed by atoms with Gasteiger partial charge in [0.05, 0.1) is 21.3 Å². The molecule has 6 heteroatoms. The van der Waals surface area contributed by atoms with Crippen molar-refractivity contribution in [3.63, 3.8) is 0 Å². The molecule has 0 radical (unpaired) electrons. The van der Waals surface area contributed by atoms with E-state index in [1.807, 2.05) is 72.8 Å². The number of hydrogen-bond donors (Lipinski definition) is 0. The molecule has 0 spiro atoms. The molecule has 0 saturated heterocycles. The number of rotatable bonds is 7. The van der Waals surface area contributed by atoms with Crippen molar-refractivity contribution >= 4 is 12.1 Å². The maximum atomic E-state index is 10.0. The molecule has 0 N–H and O–H groups in total. The molecule has 6 nitrogen and oxygen atoms in total. The molecule has 33 heavy (non-hydrogen) atoms. The van der Waals surface area contributed by atoms with Gasteiger partial charge < -0.3 is 18.6 Å². The number of methoxy groups -OCH3 is 3. The second-order valence-electron chi connectivity index (χ2n) is 7.09. The molecule has 1 aromatic heterocycles. The zero-order chi connectivity index (χ0) is 23.2. The van der Waals surface area contributed by atoms with E-state index in [2.05, 4.69) is 11.1 Å². The number of hydrogen-bond acceptors (Lipinski definition) is 6. The third-order valence-corrected chi connectivity index (χ3v) is 5.18. The van der Waals surface area contributed by atoms with Gasteiger partial charge >= 0.3 is 0 Å². The smallest absolute Gasteiger partial charge is 0.238 e. The lowest BCUT2D eigenvalue weighted by Gasteiger charge is -2.06. The Bertz CT molecular complexity index is 1300. The number of nitriles is 1. The van der Waals surface area contributed by atoms with Crippen molar-refractivity contribution in [1.82, 2.24) is 0 Å². The lowest BCUT2D eigenvalue weighted by atomic mass is 9.98. The van der Waals surface area contributed by atoms with Crippen LogP contribution in [0.5, 0.6) is 17.2 Å². The van der Waals surface area contributed by atoms with Gasteiger partial charge in [0, 0.05) is 17.3 Å². The Morgan fingerprint density at radius 1 is 0.727 bits per heavy atom. The number of aliphatic imine (C=N–C) groups is 1.